The number of para-hydroxylation sites is 1. The van der Waals surface area contributed by atoms with Crippen LogP contribution in [0.1, 0.15) is 11.1 Å². The SMILES string of the molecule is Clc1ccc(Cn2cc(CCn3ccnc3)c3ccccc32)cc1. The quantitative estimate of drug-likeness (QED) is 0.514. The minimum Gasteiger partial charge on any atom is -0.343 e. The summed E-state index contributed by atoms with van der Waals surface area (Å²) in [6, 6.07) is 16.7. The van der Waals surface area contributed by atoms with E-state index in [-0.39, 0.29) is 0 Å². The number of aryl methyl sites for hydroxylation is 2. The lowest BCUT2D eigenvalue weighted by Gasteiger charge is -2.05. The molecular weight excluding hydrogens is 318 g/mol. The lowest BCUT2D eigenvalue weighted by atomic mass is 10.1. The monoisotopic (exact) mass is 335 g/mol. The Morgan fingerprint density at radius 1 is 1.00 bits per heavy atom. The first-order valence-corrected chi connectivity index (χ1v) is 8.44. The van der Waals surface area contributed by atoms with Gasteiger partial charge in [-0.05, 0) is 35.7 Å². The zero-order valence-corrected chi connectivity index (χ0v) is 14.0. The van der Waals surface area contributed by atoms with Crippen molar-refractivity contribution < 1.29 is 0 Å². The lowest BCUT2D eigenvalue weighted by molar-refractivity contribution is 0.695. The molecule has 4 heteroatoms. The second kappa shape index (κ2) is 6.54. The van der Waals surface area contributed by atoms with Gasteiger partial charge in [-0.3, -0.25) is 0 Å². The fourth-order valence-electron chi connectivity index (χ4n) is 3.11. The average Bonchev–Trinajstić information content (AvgIpc) is 3.24. The molecule has 0 N–H and O–H groups in total. The molecule has 0 fully saturated rings. The second-order valence-electron chi connectivity index (χ2n) is 5.98. The molecule has 0 atom stereocenters. The molecule has 0 spiro atoms. The number of benzene rings is 2. The van der Waals surface area contributed by atoms with Crippen molar-refractivity contribution in [1.82, 2.24) is 14.1 Å². The number of fused-ring (bicyclic) bond motifs is 1. The Kier molecular flexibility index (Phi) is 4.09. The normalized spacial score (nSPS) is 11.2. The van der Waals surface area contributed by atoms with E-state index in [9.17, 15) is 0 Å². The van der Waals surface area contributed by atoms with Crippen LogP contribution in [0.3, 0.4) is 0 Å². The zero-order chi connectivity index (χ0) is 16.4. The predicted octanol–water partition coefficient (Wildman–Crippen LogP) is 4.78. The van der Waals surface area contributed by atoms with Gasteiger partial charge in [-0.2, -0.15) is 0 Å². The standard InChI is InChI=1S/C20H18ClN3/c21-18-7-5-16(6-8-18)13-24-14-17(9-11-23-12-10-22-15-23)19-3-1-2-4-20(19)24/h1-8,10,12,14-15H,9,11,13H2. The Hall–Kier alpha value is -2.52. The summed E-state index contributed by atoms with van der Waals surface area (Å²) in [6.07, 6.45) is 8.96. The predicted molar refractivity (Wildman–Crippen MR) is 98.4 cm³/mol. The third-order valence-corrected chi connectivity index (χ3v) is 4.59. The van der Waals surface area contributed by atoms with Gasteiger partial charge in [0.05, 0.1) is 6.33 Å². The summed E-state index contributed by atoms with van der Waals surface area (Å²) in [4.78, 5) is 4.11. The molecule has 0 unspecified atom stereocenters. The van der Waals surface area contributed by atoms with E-state index in [0.717, 1.165) is 24.5 Å². The van der Waals surface area contributed by atoms with Crippen LogP contribution in [0, 0.1) is 0 Å². The van der Waals surface area contributed by atoms with Crippen LogP contribution in [0.2, 0.25) is 5.02 Å². The molecule has 120 valence electrons. The summed E-state index contributed by atoms with van der Waals surface area (Å²) >= 11 is 5.99. The van der Waals surface area contributed by atoms with Gasteiger partial charge in [-0.15, -0.1) is 0 Å². The molecule has 0 radical (unpaired) electrons. The minimum atomic E-state index is 0.775. The van der Waals surface area contributed by atoms with Gasteiger partial charge >= 0.3 is 0 Å². The first-order chi connectivity index (χ1) is 11.8. The maximum atomic E-state index is 5.99. The van der Waals surface area contributed by atoms with Crippen molar-refractivity contribution >= 4 is 22.5 Å². The Bertz CT molecular complexity index is 937. The van der Waals surface area contributed by atoms with Crippen molar-refractivity contribution in [3.05, 3.63) is 89.6 Å². The van der Waals surface area contributed by atoms with Crippen LogP contribution in [-0.2, 0) is 19.5 Å². The average molecular weight is 336 g/mol. The fourth-order valence-corrected chi connectivity index (χ4v) is 3.23. The molecule has 0 amide bonds. The van der Waals surface area contributed by atoms with Crippen molar-refractivity contribution in [3.63, 3.8) is 0 Å². The van der Waals surface area contributed by atoms with Gasteiger partial charge in [-0.1, -0.05) is 41.9 Å². The largest absolute Gasteiger partial charge is 0.343 e. The molecule has 0 aliphatic heterocycles. The molecule has 0 saturated carbocycles. The van der Waals surface area contributed by atoms with Crippen molar-refractivity contribution in [2.45, 2.75) is 19.5 Å². The highest BCUT2D eigenvalue weighted by molar-refractivity contribution is 6.30. The molecule has 2 aromatic carbocycles. The van der Waals surface area contributed by atoms with E-state index in [0.29, 0.717) is 0 Å². The van der Waals surface area contributed by atoms with Crippen molar-refractivity contribution in [2.24, 2.45) is 0 Å². The van der Waals surface area contributed by atoms with Gasteiger partial charge in [0.2, 0.25) is 0 Å². The van der Waals surface area contributed by atoms with Crippen LogP contribution in [-0.4, -0.2) is 14.1 Å². The van der Waals surface area contributed by atoms with E-state index in [1.54, 1.807) is 0 Å². The molecule has 2 aromatic heterocycles. The maximum absolute atomic E-state index is 5.99. The number of aromatic nitrogens is 3. The number of hydrogen-bond donors (Lipinski definition) is 0. The molecule has 0 aliphatic carbocycles. The van der Waals surface area contributed by atoms with Gasteiger partial charge in [0.1, 0.15) is 0 Å². The van der Waals surface area contributed by atoms with Crippen LogP contribution < -0.4 is 0 Å². The molecule has 0 aliphatic rings. The summed E-state index contributed by atoms with van der Waals surface area (Å²) < 4.78 is 4.44. The van der Waals surface area contributed by atoms with Gasteiger partial charge < -0.3 is 9.13 Å². The first-order valence-electron chi connectivity index (χ1n) is 8.06. The number of imidazole rings is 1. The molecule has 2 heterocycles. The summed E-state index contributed by atoms with van der Waals surface area (Å²) in [7, 11) is 0. The number of hydrogen-bond acceptors (Lipinski definition) is 1. The Morgan fingerprint density at radius 3 is 2.62 bits per heavy atom. The topological polar surface area (TPSA) is 22.8 Å². The van der Waals surface area contributed by atoms with Crippen molar-refractivity contribution in [1.29, 1.82) is 0 Å². The van der Waals surface area contributed by atoms with Gasteiger partial charge in [0.25, 0.3) is 0 Å². The molecule has 24 heavy (non-hydrogen) atoms. The molecule has 3 nitrogen and oxygen atoms in total. The van der Waals surface area contributed by atoms with Gasteiger partial charge in [0, 0.05) is 47.6 Å². The molecule has 4 rings (SSSR count). The van der Waals surface area contributed by atoms with Gasteiger partial charge in [-0.25, -0.2) is 4.98 Å². The Balaban J connectivity index is 1.64. The van der Waals surface area contributed by atoms with Crippen LogP contribution in [0.5, 0.6) is 0 Å². The molecule has 0 bridgehead atoms. The minimum absolute atomic E-state index is 0.775. The summed E-state index contributed by atoms with van der Waals surface area (Å²) in [5.41, 5.74) is 3.89. The van der Waals surface area contributed by atoms with E-state index in [4.69, 9.17) is 11.6 Å². The van der Waals surface area contributed by atoms with Crippen LogP contribution >= 0.6 is 11.6 Å². The summed E-state index contributed by atoms with van der Waals surface area (Å²) in [6.45, 7) is 1.79. The third-order valence-electron chi connectivity index (χ3n) is 4.34. The van der Waals surface area contributed by atoms with Crippen molar-refractivity contribution in [3.8, 4) is 0 Å². The molecule has 0 saturated heterocycles. The zero-order valence-electron chi connectivity index (χ0n) is 13.3. The lowest BCUT2D eigenvalue weighted by Crippen LogP contribution is -1.99. The van der Waals surface area contributed by atoms with E-state index < -0.39 is 0 Å². The van der Waals surface area contributed by atoms with Crippen LogP contribution in [0.4, 0.5) is 0 Å². The number of halogens is 1. The third kappa shape index (κ3) is 3.08. The fraction of sp³-hybridized carbons (Fsp3) is 0.150. The second-order valence-corrected chi connectivity index (χ2v) is 6.41. The van der Waals surface area contributed by atoms with E-state index >= 15 is 0 Å². The van der Waals surface area contributed by atoms with Gasteiger partial charge in [0.15, 0.2) is 0 Å². The van der Waals surface area contributed by atoms with Crippen LogP contribution in [0.25, 0.3) is 10.9 Å². The molecule has 4 aromatic rings. The Labute approximate surface area is 146 Å². The van der Waals surface area contributed by atoms with Crippen LogP contribution in [0.15, 0.2) is 73.4 Å². The molecular formula is C20H18ClN3. The maximum Gasteiger partial charge on any atom is 0.0946 e. The Morgan fingerprint density at radius 2 is 1.83 bits per heavy atom. The van der Waals surface area contributed by atoms with E-state index in [1.807, 2.05) is 30.9 Å². The van der Waals surface area contributed by atoms with E-state index in [1.165, 1.54) is 22.0 Å². The first kappa shape index (κ1) is 15.0. The number of nitrogens with zero attached hydrogens (tertiary/aromatic N) is 3. The highest BCUT2D eigenvalue weighted by Gasteiger charge is 2.08. The van der Waals surface area contributed by atoms with Crippen molar-refractivity contribution in [2.75, 3.05) is 0 Å². The smallest absolute Gasteiger partial charge is 0.0946 e. The summed E-state index contributed by atoms with van der Waals surface area (Å²) in [5.74, 6) is 0. The highest BCUT2D eigenvalue weighted by Crippen LogP contribution is 2.23. The highest BCUT2D eigenvalue weighted by atomic mass is 35.5. The number of rotatable bonds is 5. The van der Waals surface area contributed by atoms with E-state index in [2.05, 4.69) is 56.7 Å². The summed E-state index contributed by atoms with van der Waals surface area (Å²) in [5, 5.41) is 2.10.